The van der Waals surface area contributed by atoms with Crippen LogP contribution in [0.1, 0.15) is 24.0 Å². The number of thioether (sulfide) groups is 1. The van der Waals surface area contributed by atoms with E-state index in [1.807, 2.05) is 48.7 Å². The van der Waals surface area contributed by atoms with Gasteiger partial charge in [-0.2, -0.15) is 5.26 Å². The van der Waals surface area contributed by atoms with E-state index in [0.29, 0.717) is 26.9 Å². The fourth-order valence-electron chi connectivity index (χ4n) is 3.19. The highest BCUT2D eigenvalue weighted by Crippen LogP contribution is 2.43. The lowest BCUT2D eigenvalue weighted by Gasteiger charge is -2.30. The smallest absolute Gasteiger partial charge is 0.337 e. The number of hydrogen-bond acceptors (Lipinski definition) is 5. The minimum atomic E-state index is -0.541. The Morgan fingerprint density at radius 2 is 1.89 bits per heavy atom. The van der Waals surface area contributed by atoms with Gasteiger partial charge in [-0.05, 0) is 36.4 Å². The molecule has 1 heterocycles. The van der Waals surface area contributed by atoms with Crippen molar-refractivity contribution >= 4 is 35.0 Å². The van der Waals surface area contributed by atoms with Gasteiger partial charge in [-0.25, -0.2) is 4.79 Å². The van der Waals surface area contributed by atoms with Crippen LogP contribution < -0.4 is 5.32 Å². The lowest BCUT2D eigenvalue weighted by molar-refractivity contribution is -0.138. The number of benzene rings is 2. The quantitative estimate of drug-likeness (QED) is 0.695. The van der Waals surface area contributed by atoms with Crippen LogP contribution in [-0.4, -0.2) is 18.8 Å². The fraction of sp³-hybridized carbons (Fsp3) is 0.182. The average molecular weight is 411 g/mol. The Hall–Kier alpha value is -2.68. The second-order valence-electron chi connectivity index (χ2n) is 6.04. The minimum absolute atomic E-state index is 0.249. The summed E-state index contributed by atoms with van der Waals surface area (Å²) in [5, 5.41) is 14.5. The maximum Gasteiger partial charge on any atom is 0.337 e. The largest absolute Gasteiger partial charge is 0.463 e. The van der Waals surface area contributed by atoms with E-state index in [4.69, 9.17) is 16.3 Å². The zero-order valence-corrected chi connectivity index (χ0v) is 17.1. The van der Waals surface area contributed by atoms with E-state index >= 15 is 0 Å². The summed E-state index contributed by atoms with van der Waals surface area (Å²) in [5.41, 5.74) is 3.23. The third kappa shape index (κ3) is 3.94. The van der Waals surface area contributed by atoms with Gasteiger partial charge in [-0.15, -0.1) is 11.8 Å². The van der Waals surface area contributed by atoms with Gasteiger partial charge < -0.3 is 10.1 Å². The van der Waals surface area contributed by atoms with Crippen molar-refractivity contribution in [1.82, 2.24) is 5.32 Å². The van der Waals surface area contributed by atoms with E-state index in [2.05, 4.69) is 11.4 Å². The molecule has 6 heteroatoms. The van der Waals surface area contributed by atoms with E-state index in [-0.39, 0.29) is 6.61 Å². The van der Waals surface area contributed by atoms with Crippen molar-refractivity contribution in [2.24, 2.45) is 0 Å². The SMILES string of the molecule is CCOC(=O)C1=C(c2ccccc2)NC(SC)=C(C#N)[C@@H]1c1ccc(Cl)cc1. The fourth-order valence-corrected chi connectivity index (χ4v) is 3.91. The second-order valence-corrected chi connectivity index (χ2v) is 7.30. The summed E-state index contributed by atoms with van der Waals surface area (Å²) in [6, 6.07) is 19.1. The zero-order valence-electron chi connectivity index (χ0n) is 15.5. The van der Waals surface area contributed by atoms with Crippen LogP contribution in [0.4, 0.5) is 0 Å². The van der Waals surface area contributed by atoms with Crippen LogP contribution in [0.15, 0.2) is 70.8 Å². The molecule has 0 bridgehead atoms. The number of nitrogens with one attached hydrogen (secondary N) is 1. The van der Waals surface area contributed by atoms with Gasteiger partial charge in [-0.3, -0.25) is 0 Å². The van der Waals surface area contributed by atoms with E-state index in [1.165, 1.54) is 11.8 Å². The van der Waals surface area contributed by atoms with E-state index in [1.54, 1.807) is 19.1 Å². The molecule has 3 rings (SSSR count). The highest BCUT2D eigenvalue weighted by atomic mass is 35.5. The topological polar surface area (TPSA) is 62.1 Å². The molecule has 0 saturated carbocycles. The highest BCUT2D eigenvalue weighted by Gasteiger charge is 2.36. The van der Waals surface area contributed by atoms with Crippen molar-refractivity contribution in [3.63, 3.8) is 0 Å². The predicted octanol–water partition coefficient (Wildman–Crippen LogP) is 5.10. The molecule has 2 aromatic carbocycles. The summed E-state index contributed by atoms with van der Waals surface area (Å²) in [6.07, 6.45) is 1.90. The van der Waals surface area contributed by atoms with Crippen molar-refractivity contribution < 1.29 is 9.53 Å². The molecule has 1 aliphatic rings. The summed E-state index contributed by atoms with van der Waals surface area (Å²) in [7, 11) is 0. The van der Waals surface area contributed by atoms with E-state index < -0.39 is 11.9 Å². The molecular formula is C22H19ClN2O2S. The Bertz CT molecular complexity index is 976. The normalized spacial score (nSPS) is 16.4. The molecule has 142 valence electrons. The molecule has 1 aliphatic heterocycles. The summed E-state index contributed by atoms with van der Waals surface area (Å²) >= 11 is 7.49. The maximum absolute atomic E-state index is 13.0. The number of carbonyl (C=O) groups excluding carboxylic acids is 1. The van der Waals surface area contributed by atoms with Gasteiger partial charge in [0.25, 0.3) is 0 Å². The number of hydrogen-bond donors (Lipinski definition) is 1. The van der Waals surface area contributed by atoms with Gasteiger partial charge in [0.2, 0.25) is 0 Å². The molecule has 2 aromatic rings. The number of dihydropyridines is 1. The first-order valence-corrected chi connectivity index (χ1v) is 10.4. The van der Waals surface area contributed by atoms with Crippen LogP contribution in [-0.2, 0) is 9.53 Å². The van der Waals surface area contributed by atoms with Crippen molar-refractivity contribution in [2.45, 2.75) is 12.8 Å². The van der Waals surface area contributed by atoms with Crippen molar-refractivity contribution in [1.29, 1.82) is 5.26 Å². The summed E-state index contributed by atoms with van der Waals surface area (Å²) < 4.78 is 5.37. The molecule has 0 fully saturated rings. The average Bonchev–Trinajstić information content (AvgIpc) is 2.73. The molecule has 1 N–H and O–H groups in total. The molecular weight excluding hydrogens is 392 g/mol. The van der Waals surface area contributed by atoms with Crippen molar-refractivity contribution in [3.05, 3.63) is 86.9 Å². The highest BCUT2D eigenvalue weighted by molar-refractivity contribution is 8.02. The lowest BCUT2D eigenvalue weighted by Crippen LogP contribution is -2.29. The van der Waals surface area contributed by atoms with E-state index in [0.717, 1.165) is 11.1 Å². The summed E-state index contributed by atoms with van der Waals surface area (Å²) in [4.78, 5) is 13.0. The van der Waals surface area contributed by atoms with Crippen LogP contribution in [0, 0.1) is 11.3 Å². The lowest BCUT2D eigenvalue weighted by atomic mass is 9.81. The number of halogens is 1. The van der Waals surface area contributed by atoms with Gasteiger partial charge in [0.05, 0.1) is 40.5 Å². The molecule has 0 amide bonds. The molecule has 28 heavy (non-hydrogen) atoms. The van der Waals surface area contributed by atoms with Crippen LogP contribution in [0.3, 0.4) is 0 Å². The molecule has 0 radical (unpaired) electrons. The Balaban J connectivity index is 2.29. The molecule has 0 aromatic heterocycles. The van der Waals surface area contributed by atoms with Crippen LogP contribution in [0.5, 0.6) is 0 Å². The summed E-state index contributed by atoms with van der Waals surface area (Å²) in [6.45, 7) is 2.02. The second kappa shape index (κ2) is 9.01. The first-order valence-electron chi connectivity index (χ1n) is 8.78. The number of allylic oxidation sites excluding steroid dienone is 1. The monoisotopic (exact) mass is 410 g/mol. The molecule has 0 spiro atoms. The third-order valence-electron chi connectivity index (χ3n) is 4.42. The van der Waals surface area contributed by atoms with Crippen molar-refractivity contribution in [3.8, 4) is 6.07 Å². The minimum Gasteiger partial charge on any atom is -0.463 e. The maximum atomic E-state index is 13.0. The zero-order chi connectivity index (χ0) is 20.1. The molecule has 1 atom stereocenters. The van der Waals surface area contributed by atoms with E-state index in [9.17, 15) is 10.1 Å². The number of esters is 1. The molecule has 4 nitrogen and oxygen atoms in total. The number of rotatable bonds is 5. The van der Waals surface area contributed by atoms with Crippen LogP contribution >= 0.6 is 23.4 Å². The molecule has 0 aliphatic carbocycles. The Labute approximate surface area is 173 Å². The van der Waals surface area contributed by atoms with Gasteiger partial charge in [0.1, 0.15) is 0 Å². The van der Waals surface area contributed by atoms with Gasteiger partial charge >= 0.3 is 5.97 Å². The first-order chi connectivity index (χ1) is 13.6. The van der Waals surface area contributed by atoms with Crippen LogP contribution in [0.25, 0.3) is 5.70 Å². The van der Waals surface area contributed by atoms with Crippen molar-refractivity contribution in [2.75, 3.05) is 12.9 Å². The molecule has 0 unspecified atom stereocenters. The Morgan fingerprint density at radius 1 is 1.21 bits per heavy atom. The molecule has 0 saturated heterocycles. The Morgan fingerprint density at radius 3 is 2.46 bits per heavy atom. The first kappa shape index (κ1) is 20.1. The summed E-state index contributed by atoms with van der Waals surface area (Å²) in [5.74, 6) is -0.984. The number of nitrogens with zero attached hydrogens (tertiary/aromatic N) is 1. The standard InChI is InChI=1S/C22H19ClN2O2S/c1-3-27-22(26)19-18(14-9-11-16(23)12-10-14)17(13-24)21(28-2)25-20(19)15-7-5-4-6-8-15/h4-12,18,25H,3H2,1-2H3/t18-/m0/s1. The van der Waals surface area contributed by atoms with Gasteiger partial charge in [-0.1, -0.05) is 54.1 Å². The Kier molecular flexibility index (Phi) is 6.45. The van der Waals surface area contributed by atoms with Gasteiger partial charge in [0.15, 0.2) is 0 Å². The number of ether oxygens (including phenoxy) is 1. The van der Waals surface area contributed by atoms with Crippen LogP contribution in [0.2, 0.25) is 5.02 Å². The third-order valence-corrected chi connectivity index (χ3v) is 5.40. The van der Waals surface area contributed by atoms with Gasteiger partial charge in [0, 0.05) is 5.02 Å². The number of nitriles is 1. The number of carbonyl (C=O) groups is 1. The predicted molar refractivity (Wildman–Crippen MR) is 113 cm³/mol.